The Morgan fingerprint density at radius 2 is 2.00 bits per heavy atom. The van der Waals surface area contributed by atoms with E-state index in [4.69, 9.17) is 9.47 Å². The molecule has 0 saturated carbocycles. The van der Waals surface area contributed by atoms with E-state index in [2.05, 4.69) is 41.4 Å². The Morgan fingerprint density at radius 1 is 1.21 bits per heavy atom. The zero-order valence-electron chi connectivity index (χ0n) is 17.1. The van der Waals surface area contributed by atoms with Crippen LogP contribution >= 0.6 is 0 Å². The van der Waals surface area contributed by atoms with Gasteiger partial charge >= 0.3 is 0 Å². The maximum Gasteiger partial charge on any atom is 0.219 e. The van der Waals surface area contributed by atoms with Crippen molar-refractivity contribution in [3.63, 3.8) is 0 Å². The van der Waals surface area contributed by atoms with E-state index in [1.165, 1.54) is 12.1 Å². The molecule has 152 valence electrons. The summed E-state index contributed by atoms with van der Waals surface area (Å²) in [5, 5.41) is 6.53. The fourth-order valence-corrected chi connectivity index (χ4v) is 2.57. The fraction of sp³-hybridized carbons (Fsp3) is 0.429. The van der Waals surface area contributed by atoms with Crippen molar-refractivity contribution in [2.75, 3.05) is 20.7 Å². The zero-order valence-corrected chi connectivity index (χ0v) is 17.1. The molecule has 2 N–H and O–H groups in total. The van der Waals surface area contributed by atoms with Crippen LogP contribution in [0.15, 0.2) is 47.6 Å². The molecule has 1 heterocycles. The van der Waals surface area contributed by atoms with Gasteiger partial charge in [-0.3, -0.25) is 4.99 Å². The van der Waals surface area contributed by atoms with Crippen molar-refractivity contribution in [3.8, 4) is 11.6 Å². The quantitative estimate of drug-likeness (QED) is 0.559. The third-order valence-electron chi connectivity index (χ3n) is 4.21. The number of benzene rings is 1. The van der Waals surface area contributed by atoms with Gasteiger partial charge in [0.15, 0.2) is 5.96 Å². The monoisotopic (exact) mass is 388 g/mol. The number of guanidine groups is 1. The van der Waals surface area contributed by atoms with E-state index < -0.39 is 0 Å². The van der Waals surface area contributed by atoms with Crippen LogP contribution in [0.2, 0.25) is 0 Å². The molecule has 0 fully saturated rings. The van der Waals surface area contributed by atoms with E-state index in [-0.39, 0.29) is 17.3 Å². The number of nitrogens with zero attached hydrogens (tertiary/aromatic N) is 2. The highest BCUT2D eigenvalue weighted by molar-refractivity contribution is 5.79. The van der Waals surface area contributed by atoms with Crippen LogP contribution in [0.5, 0.6) is 11.6 Å². The summed E-state index contributed by atoms with van der Waals surface area (Å²) in [7, 11) is 3.44. The number of ether oxygens (including phenoxy) is 2. The standard InChI is InChI=1S/C21H29FN4O2/c1-21(2,3)18(27-5)14-26-20(23-4)25-13-15-9-10-19(24-12-15)28-17-8-6-7-16(22)11-17/h6-12,18H,13-14H2,1-5H3,(H2,23,25,26). The Labute approximate surface area is 166 Å². The van der Waals surface area contributed by atoms with Crippen LogP contribution in [0.4, 0.5) is 4.39 Å². The van der Waals surface area contributed by atoms with Gasteiger partial charge in [0, 0.05) is 45.6 Å². The van der Waals surface area contributed by atoms with Crippen molar-refractivity contribution in [2.45, 2.75) is 33.4 Å². The molecule has 2 aromatic rings. The van der Waals surface area contributed by atoms with Gasteiger partial charge in [-0.2, -0.15) is 0 Å². The minimum Gasteiger partial charge on any atom is -0.439 e. The summed E-state index contributed by atoms with van der Waals surface area (Å²) in [5.74, 6) is 1.16. The summed E-state index contributed by atoms with van der Waals surface area (Å²) in [6.45, 7) is 7.62. The van der Waals surface area contributed by atoms with E-state index in [0.29, 0.717) is 30.7 Å². The second kappa shape index (κ2) is 10.0. The lowest BCUT2D eigenvalue weighted by Gasteiger charge is -2.30. The molecule has 1 aromatic heterocycles. The molecule has 2 rings (SSSR count). The molecule has 0 spiro atoms. The van der Waals surface area contributed by atoms with Gasteiger partial charge in [-0.15, -0.1) is 0 Å². The number of methoxy groups -OCH3 is 1. The number of aromatic nitrogens is 1. The zero-order chi connectivity index (χ0) is 20.6. The van der Waals surface area contributed by atoms with Crippen LogP contribution in [-0.2, 0) is 11.3 Å². The summed E-state index contributed by atoms with van der Waals surface area (Å²) < 4.78 is 24.3. The van der Waals surface area contributed by atoms with Crippen molar-refractivity contribution in [1.29, 1.82) is 0 Å². The average molecular weight is 388 g/mol. The van der Waals surface area contributed by atoms with Crippen molar-refractivity contribution < 1.29 is 13.9 Å². The molecule has 1 unspecified atom stereocenters. The van der Waals surface area contributed by atoms with Gasteiger partial charge in [-0.05, 0) is 23.1 Å². The Morgan fingerprint density at radius 3 is 2.57 bits per heavy atom. The molecular weight excluding hydrogens is 359 g/mol. The van der Waals surface area contributed by atoms with Gasteiger partial charge in [0.25, 0.3) is 0 Å². The SMILES string of the molecule is CN=C(NCc1ccc(Oc2cccc(F)c2)nc1)NCC(OC)C(C)(C)C. The molecule has 0 radical (unpaired) electrons. The lowest BCUT2D eigenvalue weighted by molar-refractivity contribution is 0.0205. The van der Waals surface area contributed by atoms with Crippen LogP contribution in [-0.4, -0.2) is 37.7 Å². The van der Waals surface area contributed by atoms with Crippen LogP contribution in [0.25, 0.3) is 0 Å². The highest BCUT2D eigenvalue weighted by Gasteiger charge is 2.24. The molecule has 7 heteroatoms. The molecule has 0 saturated heterocycles. The molecule has 0 aliphatic rings. The number of pyridine rings is 1. The van der Waals surface area contributed by atoms with Crippen molar-refractivity contribution >= 4 is 5.96 Å². The number of aliphatic imine (C=N–C) groups is 1. The van der Waals surface area contributed by atoms with Gasteiger partial charge in [0.1, 0.15) is 11.6 Å². The fourth-order valence-electron chi connectivity index (χ4n) is 2.57. The topological polar surface area (TPSA) is 67.8 Å². The number of halogens is 1. The smallest absolute Gasteiger partial charge is 0.219 e. The largest absolute Gasteiger partial charge is 0.439 e. The first-order chi connectivity index (χ1) is 13.3. The first-order valence-electron chi connectivity index (χ1n) is 9.17. The number of rotatable bonds is 7. The minimum absolute atomic E-state index is 0.0298. The number of hydrogen-bond donors (Lipinski definition) is 2. The van der Waals surface area contributed by atoms with Crippen LogP contribution < -0.4 is 15.4 Å². The second-order valence-electron chi connectivity index (χ2n) is 7.46. The lowest BCUT2D eigenvalue weighted by atomic mass is 9.89. The molecule has 0 amide bonds. The highest BCUT2D eigenvalue weighted by atomic mass is 19.1. The minimum atomic E-state index is -0.348. The van der Waals surface area contributed by atoms with Crippen LogP contribution in [0, 0.1) is 11.2 Å². The number of hydrogen-bond acceptors (Lipinski definition) is 4. The van der Waals surface area contributed by atoms with Crippen LogP contribution in [0.1, 0.15) is 26.3 Å². The van der Waals surface area contributed by atoms with Crippen molar-refractivity contribution in [1.82, 2.24) is 15.6 Å². The average Bonchev–Trinajstić information content (AvgIpc) is 2.65. The predicted molar refractivity (Wildman–Crippen MR) is 109 cm³/mol. The number of nitrogens with one attached hydrogen (secondary N) is 2. The Bertz CT molecular complexity index is 773. The summed E-state index contributed by atoms with van der Waals surface area (Å²) in [6, 6.07) is 9.60. The molecule has 1 atom stereocenters. The van der Waals surface area contributed by atoms with E-state index in [9.17, 15) is 4.39 Å². The molecule has 0 aliphatic heterocycles. The molecular formula is C21H29FN4O2. The lowest BCUT2D eigenvalue weighted by Crippen LogP contribution is -2.45. The third-order valence-corrected chi connectivity index (χ3v) is 4.21. The molecule has 6 nitrogen and oxygen atoms in total. The normalized spacial score (nSPS) is 13.1. The van der Waals surface area contributed by atoms with Crippen LogP contribution in [0.3, 0.4) is 0 Å². The van der Waals surface area contributed by atoms with E-state index >= 15 is 0 Å². The van der Waals surface area contributed by atoms with Crippen molar-refractivity contribution in [2.24, 2.45) is 10.4 Å². The highest BCUT2D eigenvalue weighted by Crippen LogP contribution is 2.21. The second-order valence-corrected chi connectivity index (χ2v) is 7.46. The Kier molecular flexibility index (Phi) is 7.75. The first-order valence-corrected chi connectivity index (χ1v) is 9.17. The van der Waals surface area contributed by atoms with E-state index in [1.807, 2.05) is 6.07 Å². The molecule has 0 aliphatic carbocycles. The Balaban J connectivity index is 1.86. The Hall–Kier alpha value is -2.67. The summed E-state index contributed by atoms with van der Waals surface area (Å²) in [5.41, 5.74) is 0.996. The van der Waals surface area contributed by atoms with Gasteiger partial charge in [0.2, 0.25) is 5.88 Å². The molecule has 1 aromatic carbocycles. The van der Waals surface area contributed by atoms with Gasteiger partial charge in [-0.1, -0.05) is 32.9 Å². The summed E-state index contributed by atoms with van der Waals surface area (Å²) >= 11 is 0. The summed E-state index contributed by atoms with van der Waals surface area (Å²) in [4.78, 5) is 8.49. The van der Waals surface area contributed by atoms with Crippen molar-refractivity contribution in [3.05, 3.63) is 54.0 Å². The molecule has 0 bridgehead atoms. The van der Waals surface area contributed by atoms with Gasteiger partial charge < -0.3 is 20.1 Å². The van der Waals surface area contributed by atoms with Gasteiger partial charge in [0.05, 0.1) is 6.10 Å². The van der Waals surface area contributed by atoms with Gasteiger partial charge in [-0.25, -0.2) is 9.37 Å². The van der Waals surface area contributed by atoms with E-state index in [0.717, 1.165) is 5.56 Å². The molecule has 28 heavy (non-hydrogen) atoms. The van der Waals surface area contributed by atoms with E-state index in [1.54, 1.807) is 38.6 Å². The summed E-state index contributed by atoms with van der Waals surface area (Å²) in [6.07, 6.45) is 1.77. The third kappa shape index (κ3) is 6.81. The predicted octanol–water partition coefficient (Wildman–Crippen LogP) is 3.74. The maximum absolute atomic E-state index is 13.2. The first kappa shape index (κ1) is 21.6. The maximum atomic E-state index is 13.2.